The van der Waals surface area contributed by atoms with Gasteiger partial charge in [0.05, 0.1) is 11.0 Å². The number of nitrogens with zero attached hydrogens (tertiary/aromatic N) is 1. The number of imidazole rings is 1. The summed E-state index contributed by atoms with van der Waals surface area (Å²) in [5, 5.41) is 2.93. The lowest BCUT2D eigenvalue weighted by Crippen LogP contribution is -2.23. The minimum atomic E-state index is 0.103. The predicted molar refractivity (Wildman–Crippen MR) is 72.1 cm³/mol. The fourth-order valence-corrected chi connectivity index (χ4v) is 1.94. The predicted octanol–water partition coefficient (Wildman–Crippen LogP) is 2.53. The Kier molecular flexibility index (Phi) is 3.65. The molecule has 0 atom stereocenters. The SMILES string of the molecule is Cc1nc2ccc(CNC(=O)CC(C)C)cc2[nH]1. The van der Waals surface area contributed by atoms with E-state index in [1.165, 1.54) is 0 Å². The monoisotopic (exact) mass is 245 g/mol. The zero-order valence-electron chi connectivity index (χ0n) is 11.1. The van der Waals surface area contributed by atoms with Gasteiger partial charge in [-0.2, -0.15) is 0 Å². The average molecular weight is 245 g/mol. The van der Waals surface area contributed by atoms with E-state index in [9.17, 15) is 4.79 Å². The number of hydrogen-bond acceptors (Lipinski definition) is 2. The highest BCUT2D eigenvalue weighted by Gasteiger charge is 2.05. The van der Waals surface area contributed by atoms with Crippen molar-refractivity contribution < 1.29 is 4.79 Å². The first-order valence-electron chi connectivity index (χ1n) is 6.26. The summed E-state index contributed by atoms with van der Waals surface area (Å²) in [6.45, 7) is 6.58. The lowest BCUT2D eigenvalue weighted by atomic mass is 10.1. The molecule has 0 radical (unpaired) electrons. The van der Waals surface area contributed by atoms with Crippen LogP contribution in [0.15, 0.2) is 18.2 Å². The number of hydrogen-bond donors (Lipinski definition) is 2. The maximum atomic E-state index is 11.6. The number of aromatic nitrogens is 2. The summed E-state index contributed by atoms with van der Waals surface area (Å²) in [6, 6.07) is 6.01. The van der Waals surface area contributed by atoms with Gasteiger partial charge >= 0.3 is 0 Å². The maximum Gasteiger partial charge on any atom is 0.220 e. The van der Waals surface area contributed by atoms with E-state index in [2.05, 4.69) is 15.3 Å². The number of amides is 1. The number of H-pyrrole nitrogens is 1. The molecular formula is C14H19N3O. The minimum Gasteiger partial charge on any atom is -0.352 e. The van der Waals surface area contributed by atoms with Crippen molar-refractivity contribution in [3.05, 3.63) is 29.6 Å². The van der Waals surface area contributed by atoms with Gasteiger partial charge in [0.1, 0.15) is 5.82 Å². The van der Waals surface area contributed by atoms with Gasteiger partial charge in [0.2, 0.25) is 5.91 Å². The fourth-order valence-electron chi connectivity index (χ4n) is 1.94. The molecule has 96 valence electrons. The Morgan fingerprint density at radius 2 is 2.22 bits per heavy atom. The molecule has 0 spiro atoms. The number of nitrogens with one attached hydrogen (secondary N) is 2. The minimum absolute atomic E-state index is 0.103. The Morgan fingerprint density at radius 3 is 2.94 bits per heavy atom. The first-order chi connectivity index (χ1) is 8.54. The molecule has 2 rings (SSSR count). The summed E-state index contributed by atoms with van der Waals surface area (Å²) in [5.41, 5.74) is 3.07. The van der Waals surface area contributed by atoms with E-state index in [0.717, 1.165) is 22.4 Å². The molecule has 0 saturated heterocycles. The van der Waals surface area contributed by atoms with Gasteiger partial charge in [0, 0.05) is 13.0 Å². The smallest absolute Gasteiger partial charge is 0.220 e. The quantitative estimate of drug-likeness (QED) is 0.869. The van der Waals surface area contributed by atoms with Gasteiger partial charge in [0.25, 0.3) is 0 Å². The van der Waals surface area contributed by atoms with Crippen LogP contribution in [0.3, 0.4) is 0 Å². The summed E-state index contributed by atoms with van der Waals surface area (Å²) in [4.78, 5) is 19.1. The largest absolute Gasteiger partial charge is 0.352 e. The lowest BCUT2D eigenvalue weighted by molar-refractivity contribution is -0.121. The van der Waals surface area contributed by atoms with Crippen molar-refractivity contribution in [1.29, 1.82) is 0 Å². The lowest BCUT2D eigenvalue weighted by Gasteiger charge is -2.07. The number of carbonyl (C=O) groups excluding carboxylic acids is 1. The van der Waals surface area contributed by atoms with Crippen molar-refractivity contribution in [2.45, 2.75) is 33.7 Å². The van der Waals surface area contributed by atoms with E-state index in [1.54, 1.807) is 0 Å². The molecule has 1 aromatic carbocycles. The van der Waals surface area contributed by atoms with Crippen molar-refractivity contribution in [1.82, 2.24) is 15.3 Å². The summed E-state index contributed by atoms with van der Waals surface area (Å²) in [7, 11) is 0. The molecule has 0 aliphatic heterocycles. The van der Waals surface area contributed by atoms with E-state index in [4.69, 9.17) is 0 Å². The molecule has 4 heteroatoms. The van der Waals surface area contributed by atoms with Crippen LogP contribution in [0.5, 0.6) is 0 Å². The Bertz CT molecular complexity index is 557. The summed E-state index contributed by atoms with van der Waals surface area (Å²) in [5.74, 6) is 1.40. The number of benzene rings is 1. The zero-order chi connectivity index (χ0) is 13.1. The van der Waals surface area contributed by atoms with Crippen molar-refractivity contribution in [2.24, 2.45) is 5.92 Å². The Hall–Kier alpha value is -1.84. The molecule has 18 heavy (non-hydrogen) atoms. The van der Waals surface area contributed by atoms with Crippen molar-refractivity contribution in [3.63, 3.8) is 0 Å². The van der Waals surface area contributed by atoms with Crippen LogP contribution in [-0.4, -0.2) is 15.9 Å². The molecule has 1 heterocycles. The highest BCUT2D eigenvalue weighted by Crippen LogP contribution is 2.13. The van der Waals surface area contributed by atoms with Crippen LogP contribution in [0.1, 0.15) is 31.7 Å². The Labute approximate surface area is 107 Å². The second kappa shape index (κ2) is 5.21. The van der Waals surface area contributed by atoms with E-state index in [-0.39, 0.29) is 5.91 Å². The van der Waals surface area contributed by atoms with Gasteiger partial charge in [-0.3, -0.25) is 4.79 Å². The van der Waals surface area contributed by atoms with E-state index in [0.29, 0.717) is 18.9 Å². The van der Waals surface area contributed by atoms with Gasteiger partial charge < -0.3 is 10.3 Å². The number of aromatic amines is 1. The van der Waals surface area contributed by atoms with E-state index >= 15 is 0 Å². The van der Waals surface area contributed by atoms with E-state index < -0.39 is 0 Å². The van der Waals surface area contributed by atoms with Crippen molar-refractivity contribution in [2.75, 3.05) is 0 Å². The van der Waals surface area contributed by atoms with Crippen LogP contribution in [0.2, 0.25) is 0 Å². The van der Waals surface area contributed by atoms with Crippen molar-refractivity contribution in [3.8, 4) is 0 Å². The van der Waals surface area contributed by atoms with Crippen LogP contribution in [-0.2, 0) is 11.3 Å². The van der Waals surface area contributed by atoms with Gasteiger partial charge in [0.15, 0.2) is 0 Å². The molecule has 0 bridgehead atoms. The molecule has 0 aliphatic carbocycles. The number of aryl methyl sites for hydroxylation is 1. The van der Waals surface area contributed by atoms with E-state index in [1.807, 2.05) is 39.0 Å². The second-order valence-corrected chi connectivity index (χ2v) is 5.05. The molecule has 1 amide bonds. The first-order valence-corrected chi connectivity index (χ1v) is 6.26. The molecule has 2 N–H and O–H groups in total. The molecule has 0 fully saturated rings. The Morgan fingerprint density at radius 1 is 1.44 bits per heavy atom. The molecule has 4 nitrogen and oxygen atoms in total. The first kappa shape index (κ1) is 12.6. The average Bonchev–Trinajstić information content (AvgIpc) is 2.64. The molecule has 1 aromatic heterocycles. The van der Waals surface area contributed by atoms with Crippen LogP contribution in [0.4, 0.5) is 0 Å². The molecular weight excluding hydrogens is 226 g/mol. The number of rotatable bonds is 4. The third-order valence-electron chi connectivity index (χ3n) is 2.75. The number of carbonyl (C=O) groups is 1. The van der Waals surface area contributed by atoms with Crippen LogP contribution < -0.4 is 5.32 Å². The van der Waals surface area contributed by atoms with Crippen LogP contribution >= 0.6 is 0 Å². The van der Waals surface area contributed by atoms with Gasteiger partial charge in [-0.1, -0.05) is 19.9 Å². The standard InChI is InChI=1S/C14H19N3O/c1-9(2)6-14(18)15-8-11-4-5-12-13(7-11)17-10(3)16-12/h4-5,7,9H,6,8H2,1-3H3,(H,15,18)(H,16,17). The maximum absolute atomic E-state index is 11.6. The van der Waals surface area contributed by atoms with Crippen LogP contribution in [0, 0.1) is 12.8 Å². The molecule has 0 saturated carbocycles. The topological polar surface area (TPSA) is 57.8 Å². The molecule has 2 aromatic rings. The normalized spacial score (nSPS) is 11.1. The third-order valence-corrected chi connectivity index (χ3v) is 2.75. The summed E-state index contributed by atoms with van der Waals surface area (Å²) < 4.78 is 0. The highest BCUT2D eigenvalue weighted by atomic mass is 16.1. The van der Waals surface area contributed by atoms with Gasteiger partial charge in [-0.05, 0) is 30.5 Å². The van der Waals surface area contributed by atoms with Gasteiger partial charge in [-0.25, -0.2) is 4.98 Å². The summed E-state index contributed by atoms with van der Waals surface area (Å²) >= 11 is 0. The Balaban J connectivity index is 2.01. The van der Waals surface area contributed by atoms with Crippen molar-refractivity contribution >= 4 is 16.9 Å². The highest BCUT2D eigenvalue weighted by molar-refractivity contribution is 5.77. The second-order valence-electron chi connectivity index (χ2n) is 5.05. The molecule has 0 unspecified atom stereocenters. The number of fused-ring (bicyclic) bond motifs is 1. The fraction of sp³-hybridized carbons (Fsp3) is 0.429. The van der Waals surface area contributed by atoms with Crippen LogP contribution in [0.25, 0.3) is 11.0 Å². The summed E-state index contributed by atoms with van der Waals surface area (Å²) in [6.07, 6.45) is 0.575. The third kappa shape index (κ3) is 3.09. The van der Waals surface area contributed by atoms with Gasteiger partial charge in [-0.15, -0.1) is 0 Å². The zero-order valence-corrected chi connectivity index (χ0v) is 11.1. The molecule has 0 aliphatic rings.